The number of amides is 1. The molecule has 0 aromatic heterocycles. The number of fused-ring (bicyclic) bond motifs is 2. The molecule has 6 heteroatoms. The number of hydrogen-bond donors (Lipinski definition) is 1. The number of hydrogen-bond acceptors (Lipinski definition) is 3. The van der Waals surface area contributed by atoms with Crippen LogP contribution in [0.25, 0.3) is 22.8 Å². The average molecular weight is 422 g/mol. The Morgan fingerprint density at radius 3 is 2.65 bits per heavy atom. The third kappa shape index (κ3) is 4.03. The zero-order chi connectivity index (χ0) is 22.1. The van der Waals surface area contributed by atoms with Gasteiger partial charge in [0.2, 0.25) is 0 Å². The molecule has 160 valence electrons. The summed E-state index contributed by atoms with van der Waals surface area (Å²) in [6.07, 6.45) is 2.51. The highest BCUT2D eigenvalue weighted by Crippen LogP contribution is 2.42. The molecule has 1 aliphatic heterocycles. The molecule has 0 unspecified atom stereocenters. The van der Waals surface area contributed by atoms with Crippen molar-refractivity contribution in [3.63, 3.8) is 0 Å². The van der Waals surface area contributed by atoms with E-state index in [1.807, 2.05) is 51.4 Å². The van der Waals surface area contributed by atoms with Crippen molar-refractivity contribution >= 4 is 23.2 Å². The van der Waals surface area contributed by atoms with Crippen LogP contribution in [0.3, 0.4) is 0 Å². The largest absolute Gasteiger partial charge is 0.493 e. The van der Waals surface area contributed by atoms with Gasteiger partial charge in [-0.15, -0.1) is 0 Å². The van der Waals surface area contributed by atoms with E-state index in [1.54, 1.807) is 6.08 Å². The summed E-state index contributed by atoms with van der Waals surface area (Å²) >= 11 is 0. The van der Waals surface area contributed by atoms with Crippen molar-refractivity contribution in [2.45, 2.75) is 13.3 Å². The fraction of sp³-hybridized carbons (Fsp3) is 0.240. The second kappa shape index (κ2) is 8.47. The van der Waals surface area contributed by atoms with Crippen molar-refractivity contribution < 1.29 is 18.3 Å². The van der Waals surface area contributed by atoms with Gasteiger partial charge in [-0.1, -0.05) is 24.3 Å². The number of nitrogens with one attached hydrogen (secondary N) is 1. The Labute approximate surface area is 180 Å². The highest BCUT2D eigenvalue weighted by Gasteiger charge is 2.30. The van der Waals surface area contributed by atoms with Crippen molar-refractivity contribution in [3.05, 3.63) is 70.8 Å². The zero-order valence-corrected chi connectivity index (χ0v) is 17.8. The Hall–Kier alpha value is -3.25. The minimum Gasteiger partial charge on any atom is -0.493 e. The number of carbonyl (C=O) groups excluding carboxylic acids is 1. The fourth-order valence-corrected chi connectivity index (χ4v) is 3.94. The maximum Gasteiger partial charge on any atom is 0.256 e. The van der Waals surface area contributed by atoms with E-state index in [9.17, 15) is 13.6 Å². The molecule has 0 bridgehead atoms. The van der Waals surface area contributed by atoms with Gasteiger partial charge >= 0.3 is 0 Å². The molecule has 3 aliphatic rings. The van der Waals surface area contributed by atoms with Crippen molar-refractivity contribution in [2.24, 2.45) is 0 Å². The van der Waals surface area contributed by atoms with Crippen LogP contribution in [0.1, 0.15) is 23.1 Å². The van der Waals surface area contributed by atoms with Crippen LogP contribution in [-0.4, -0.2) is 38.1 Å². The maximum absolute atomic E-state index is 14.5. The van der Waals surface area contributed by atoms with Crippen LogP contribution >= 0.6 is 0 Å². The van der Waals surface area contributed by atoms with Gasteiger partial charge in [0.05, 0.1) is 17.9 Å². The lowest BCUT2D eigenvalue weighted by molar-refractivity contribution is -0.110. The number of aryl methyl sites for hydroxylation is 1. The number of anilines is 1. The van der Waals surface area contributed by atoms with Crippen LogP contribution in [0.5, 0.6) is 5.75 Å². The van der Waals surface area contributed by atoms with Gasteiger partial charge in [0.25, 0.3) is 5.91 Å². The average Bonchev–Trinajstić information content (AvgIpc) is 3.10. The van der Waals surface area contributed by atoms with Gasteiger partial charge in [-0.2, -0.15) is 0 Å². The van der Waals surface area contributed by atoms with E-state index in [4.69, 9.17) is 4.74 Å². The molecular formula is C25H24F2N2O2. The van der Waals surface area contributed by atoms with E-state index >= 15 is 0 Å². The molecule has 1 N–H and O–H groups in total. The summed E-state index contributed by atoms with van der Waals surface area (Å²) in [6.45, 7) is 3.48. The van der Waals surface area contributed by atoms with Crippen LogP contribution in [0.4, 0.5) is 14.5 Å². The summed E-state index contributed by atoms with van der Waals surface area (Å²) in [6, 6.07) is 12.0. The molecule has 0 radical (unpaired) electrons. The summed E-state index contributed by atoms with van der Waals surface area (Å²) in [7, 11) is 4.04. The van der Waals surface area contributed by atoms with E-state index in [2.05, 4.69) is 10.2 Å². The predicted molar refractivity (Wildman–Crippen MR) is 119 cm³/mol. The van der Waals surface area contributed by atoms with Gasteiger partial charge in [-0.05, 0) is 68.4 Å². The Morgan fingerprint density at radius 2 is 1.87 bits per heavy atom. The first-order valence-electron chi connectivity index (χ1n) is 10.2. The van der Waals surface area contributed by atoms with Crippen molar-refractivity contribution in [2.75, 3.05) is 32.6 Å². The second-order valence-corrected chi connectivity index (χ2v) is 7.96. The number of nitrogens with zero attached hydrogens (tertiary/aromatic N) is 1. The van der Waals surface area contributed by atoms with Gasteiger partial charge in [-0.3, -0.25) is 4.79 Å². The smallest absolute Gasteiger partial charge is 0.256 e. The van der Waals surface area contributed by atoms with E-state index in [1.165, 1.54) is 6.07 Å². The number of ether oxygens (including phenoxy) is 1. The van der Waals surface area contributed by atoms with Crippen LogP contribution in [0.2, 0.25) is 0 Å². The van der Waals surface area contributed by atoms with E-state index < -0.39 is 17.5 Å². The minimum atomic E-state index is -1.02. The fourth-order valence-electron chi connectivity index (χ4n) is 3.94. The van der Waals surface area contributed by atoms with E-state index in [0.717, 1.165) is 47.0 Å². The number of carbonyl (C=O) groups is 1. The number of benzene rings is 1. The van der Waals surface area contributed by atoms with Gasteiger partial charge in [0, 0.05) is 17.7 Å². The lowest BCUT2D eigenvalue weighted by Crippen LogP contribution is -2.15. The maximum atomic E-state index is 14.5. The number of rotatable bonds is 6. The standard InChI is InChI=1S/C25H24F2N2O2/c1-15-13-16(14-18-23-20(28-25(18)30)10-9-19(26)24(23)27)17-7-4-5-8-21(22(15)17)31-12-6-11-29(2)3/h4-5,7-10,13-14H,6,11-12H2,1-3H3,(H,28,30)/b18-14-. The van der Waals surface area contributed by atoms with Crippen molar-refractivity contribution in [3.8, 4) is 16.9 Å². The first-order chi connectivity index (χ1) is 14.9. The van der Waals surface area contributed by atoms with Gasteiger partial charge < -0.3 is 15.0 Å². The molecule has 1 heterocycles. The second-order valence-electron chi connectivity index (χ2n) is 7.96. The Bertz CT molecular complexity index is 1150. The molecule has 1 amide bonds. The molecule has 0 saturated carbocycles. The summed E-state index contributed by atoms with van der Waals surface area (Å²) in [4.78, 5) is 14.6. The highest BCUT2D eigenvalue weighted by atomic mass is 19.2. The normalized spacial score (nSPS) is 14.4. The molecule has 1 aromatic rings. The van der Waals surface area contributed by atoms with Crippen LogP contribution in [-0.2, 0) is 4.79 Å². The molecule has 0 spiro atoms. The first kappa shape index (κ1) is 21.0. The molecular weight excluding hydrogens is 398 g/mol. The minimum absolute atomic E-state index is 0.0301. The molecule has 4 rings (SSSR count). The molecule has 0 saturated heterocycles. The SMILES string of the molecule is Cc1cc(/C=C2\C(=O)Nc3ccc(F)c(F)c32)c2ccccc(OCCCN(C)C)c1-2. The zero-order valence-electron chi connectivity index (χ0n) is 17.8. The third-order valence-electron chi connectivity index (χ3n) is 5.38. The Balaban J connectivity index is 1.73. The summed E-state index contributed by atoms with van der Waals surface area (Å²) in [5.74, 6) is -1.70. The molecule has 4 nitrogen and oxygen atoms in total. The topological polar surface area (TPSA) is 41.6 Å². The van der Waals surface area contributed by atoms with Crippen molar-refractivity contribution in [1.29, 1.82) is 0 Å². The number of halogens is 2. The first-order valence-corrected chi connectivity index (χ1v) is 10.2. The van der Waals surface area contributed by atoms with Crippen LogP contribution in [0, 0.1) is 18.6 Å². The summed E-state index contributed by atoms with van der Waals surface area (Å²) in [5.41, 5.74) is 3.92. The quantitative estimate of drug-likeness (QED) is 0.439. The molecule has 0 fully saturated rings. The van der Waals surface area contributed by atoms with Crippen LogP contribution in [0.15, 0.2) is 42.5 Å². The summed E-state index contributed by atoms with van der Waals surface area (Å²) < 4.78 is 34.3. The molecule has 0 atom stereocenters. The Morgan fingerprint density at radius 1 is 1.10 bits per heavy atom. The Kier molecular flexibility index (Phi) is 5.74. The van der Waals surface area contributed by atoms with E-state index in [-0.39, 0.29) is 16.8 Å². The molecule has 31 heavy (non-hydrogen) atoms. The van der Waals surface area contributed by atoms with E-state index in [0.29, 0.717) is 6.61 Å². The van der Waals surface area contributed by atoms with Crippen molar-refractivity contribution in [1.82, 2.24) is 4.90 Å². The molecule has 1 aromatic carbocycles. The molecule has 2 aliphatic carbocycles. The lowest BCUT2D eigenvalue weighted by atomic mass is 10.0. The predicted octanol–water partition coefficient (Wildman–Crippen LogP) is 5.20. The lowest BCUT2D eigenvalue weighted by Gasteiger charge is -2.12. The van der Waals surface area contributed by atoms with Crippen LogP contribution < -0.4 is 10.1 Å². The monoisotopic (exact) mass is 422 g/mol. The third-order valence-corrected chi connectivity index (χ3v) is 5.38. The van der Waals surface area contributed by atoms with Gasteiger partial charge in [0.15, 0.2) is 11.6 Å². The summed E-state index contributed by atoms with van der Waals surface area (Å²) in [5, 5.41) is 2.61. The van der Waals surface area contributed by atoms with Gasteiger partial charge in [0.1, 0.15) is 5.75 Å². The highest BCUT2D eigenvalue weighted by molar-refractivity contribution is 6.35. The van der Waals surface area contributed by atoms with Gasteiger partial charge in [-0.25, -0.2) is 8.78 Å².